The summed E-state index contributed by atoms with van der Waals surface area (Å²) in [5.41, 5.74) is 1.50. The van der Waals surface area contributed by atoms with Crippen LogP contribution in [0.25, 0.3) is 0 Å². The van der Waals surface area contributed by atoms with Crippen molar-refractivity contribution in [3.8, 4) is 0 Å². The van der Waals surface area contributed by atoms with E-state index in [1.54, 1.807) is 0 Å². The van der Waals surface area contributed by atoms with E-state index in [-0.39, 0.29) is 5.92 Å². The van der Waals surface area contributed by atoms with Crippen molar-refractivity contribution in [2.24, 2.45) is 11.8 Å². The van der Waals surface area contributed by atoms with Crippen LogP contribution in [0.15, 0.2) is 24.0 Å². The first-order valence-electron chi connectivity index (χ1n) is 8.50. The molecule has 1 nitrogen and oxygen atoms in total. The van der Waals surface area contributed by atoms with Crippen LogP contribution in [0.4, 0.5) is 0 Å². The number of unbranched alkanes of at least 4 members (excludes halogenated alkanes) is 2. The minimum Gasteiger partial charge on any atom is -0.513 e. The molecular weight excluding hydrogens is 244 g/mol. The smallest absolute Gasteiger partial charge is 0.0879 e. The summed E-state index contributed by atoms with van der Waals surface area (Å²) < 4.78 is 0. The third-order valence-electron chi connectivity index (χ3n) is 4.23. The van der Waals surface area contributed by atoms with E-state index in [2.05, 4.69) is 33.4 Å². The zero-order chi connectivity index (χ0) is 15.4. The maximum atomic E-state index is 9.26. The fraction of sp³-hybridized carbons (Fsp3) is 0.789. The predicted molar refractivity (Wildman–Crippen MR) is 91.1 cm³/mol. The van der Waals surface area contributed by atoms with Crippen LogP contribution < -0.4 is 0 Å². The predicted octanol–water partition coefficient (Wildman–Crippen LogP) is 6.81. The summed E-state index contributed by atoms with van der Waals surface area (Å²) in [6, 6.07) is 0. The average molecular weight is 280 g/mol. The lowest BCUT2D eigenvalue weighted by molar-refractivity contribution is 0.335. The van der Waals surface area contributed by atoms with Gasteiger partial charge in [-0.05, 0) is 38.5 Å². The normalized spacial score (nSPS) is 15.1. The van der Waals surface area contributed by atoms with E-state index in [4.69, 9.17) is 0 Å². The van der Waals surface area contributed by atoms with Gasteiger partial charge in [-0.3, -0.25) is 0 Å². The van der Waals surface area contributed by atoms with Gasteiger partial charge in [0, 0.05) is 5.92 Å². The minimum absolute atomic E-state index is 0.220. The molecular formula is C19H36O. The topological polar surface area (TPSA) is 20.2 Å². The van der Waals surface area contributed by atoms with Crippen LogP contribution in [0.2, 0.25) is 0 Å². The van der Waals surface area contributed by atoms with Gasteiger partial charge in [-0.15, -0.1) is 0 Å². The lowest BCUT2D eigenvalue weighted by Crippen LogP contribution is -1.97. The van der Waals surface area contributed by atoms with Gasteiger partial charge >= 0.3 is 0 Å². The molecule has 0 amide bonds. The first kappa shape index (κ1) is 19.3. The SMILES string of the molecule is C=C(O)C(C)CC/C=C(\C)CCCC(C)CCCCC. The molecule has 0 radical (unpaired) electrons. The second-order valence-electron chi connectivity index (χ2n) is 6.51. The summed E-state index contributed by atoms with van der Waals surface area (Å²) in [5, 5.41) is 9.26. The number of rotatable bonds is 12. The zero-order valence-electron chi connectivity index (χ0n) is 14.3. The van der Waals surface area contributed by atoms with Crippen LogP contribution in [0.3, 0.4) is 0 Å². The molecule has 0 saturated carbocycles. The van der Waals surface area contributed by atoms with Crippen molar-refractivity contribution in [3.05, 3.63) is 24.0 Å². The third-order valence-corrected chi connectivity index (χ3v) is 4.23. The Labute approximate surface area is 127 Å². The Balaban J connectivity index is 3.65. The van der Waals surface area contributed by atoms with Gasteiger partial charge in [0.2, 0.25) is 0 Å². The molecule has 0 aromatic carbocycles. The number of aliphatic hydroxyl groups is 1. The summed E-state index contributed by atoms with van der Waals surface area (Å²) in [7, 11) is 0. The van der Waals surface area contributed by atoms with Gasteiger partial charge in [-0.1, -0.05) is 71.1 Å². The third kappa shape index (κ3) is 11.1. The zero-order valence-corrected chi connectivity index (χ0v) is 14.3. The lowest BCUT2D eigenvalue weighted by Gasteiger charge is -2.11. The van der Waals surface area contributed by atoms with E-state index in [1.165, 1.54) is 50.5 Å². The molecule has 0 aliphatic carbocycles. The molecule has 2 atom stereocenters. The van der Waals surface area contributed by atoms with Crippen molar-refractivity contribution in [1.29, 1.82) is 0 Å². The molecule has 0 heterocycles. The van der Waals surface area contributed by atoms with Gasteiger partial charge in [0.15, 0.2) is 0 Å². The molecule has 0 spiro atoms. The molecule has 2 unspecified atom stereocenters. The Bertz CT molecular complexity index is 277. The maximum absolute atomic E-state index is 9.26. The standard InChI is InChI=1S/C19H36O/c1-6-7-8-11-16(2)12-9-13-17(3)14-10-15-18(4)19(5)20/h14,16,18,20H,5-13,15H2,1-4H3/b17-14+. The number of hydrogen-bond acceptors (Lipinski definition) is 1. The van der Waals surface area contributed by atoms with Crippen LogP contribution in [-0.2, 0) is 0 Å². The summed E-state index contributed by atoms with van der Waals surface area (Å²) in [6.45, 7) is 12.5. The van der Waals surface area contributed by atoms with Gasteiger partial charge in [-0.2, -0.15) is 0 Å². The fourth-order valence-corrected chi connectivity index (χ4v) is 2.46. The fourth-order valence-electron chi connectivity index (χ4n) is 2.46. The van der Waals surface area contributed by atoms with Gasteiger partial charge in [0.1, 0.15) is 0 Å². The number of allylic oxidation sites excluding steroid dienone is 3. The van der Waals surface area contributed by atoms with Crippen LogP contribution in [0.1, 0.15) is 85.5 Å². The molecule has 0 aromatic heterocycles. The van der Waals surface area contributed by atoms with Crippen molar-refractivity contribution in [3.63, 3.8) is 0 Å². The summed E-state index contributed by atoms with van der Waals surface area (Å²) in [6.07, 6.45) is 13.8. The molecule has 0 aliphatic rings. The molecule has 1 N–H and O–H groups in total. The van der Waals surface area contributed by atoms with Gasteiger partial charge in [0.05, 0.1) is 5.76 Å². The highest BCUT2D eigenvalue weighted by Gasteiger charge is 2.04. The molecule has 0 fully saturated rings. The average Bonchev–Trinajstić information content (AvgIpc) is 2.38. The second-order valence-corrected chi connectivity index (χ2v) is 6.51. The van der Waals surface area contributed by atoms with E-state index in [9.17, 15) is 5.11 Å². The highest BCUT2D eigenvalue weighted by molar-refractivity contribution is 4.98. The van der Waals surface area contributed by atoms with Crippen LogP contribution in [0, 0.1) is 11.8 Å². The molecule has 0 bridgehead atoms. The van der Waals surface area contributed by atoms with Crippen LogP contribution in [0.5, 0.6) is 0 Å². The van der Waals surface area contributed by atoms with Crippen molar-refractivity contribution >= 4 is 0 Å². The Morgan fingerprint density at radius 3 is 2.35 bits per heavy atom. The first-order valence-corrected chi connectivity index (χ1v) is 8.50. The molecule has 1 heteroatoms. The highest BCUT2D eigenvalue weighted by atomic mass is 16.3. The van der Waals surface area contributed by atoms with Crippen LogP contribution >= 0.6 is 0 Å². The largest absolute Gasteiger partial charge is 0.513 e. The lowest BCUT2D eigenvalue weighted by atomic mass is 9.95. The summed E-state index contributed by atoms with van der Waals surface area (Å²) in [4.78, 5) is 0. The van der Waals surface area contributed by atoms with E-state index < -0.39 is 0 Å². The Kier molecular flexibility index (Phi) is 11.6. The maximum Gasteiger partial charge on any atom is 0.0879 e. The molecule has 118 valence electrons. The Hall–Kier alpha value is -0.720. The van der Waals surface area contributed by atoms with E-state index in [1.807, 2.05) is 6.92 Å². The molecule has 0 rings (SSSR count). The van der Waals surface area contributed by atoms with E-state index in [0.29, 0.717) is 5.76 Å². The van der Waals surface area contributed by atoms with Gasteiger partial charge in [0.25, 0.3) is 0 Å². The molecule has 0 aromatic rings. The van der Waals surface area contributed by atoms with Crippen molar-refractivity contribution in [1.82, 2.24) is 0 Å². The quantitative estimate of drug-likeness (QED) is 0.236. The first-order chi connectivity index (χ1) is 9.47. The van der Waals surface area contributed by atoms with Gasteiger partial charge in [-0.25, -0.2) is 0 Å². The van der Waals surface area contributed by atoms with Crippen molar-refractivity contribution < 1.29 is 5.11 Å². The summed E-state index contributed by atoms with van der Waals surface area (Å²) in [5.74, 6) is 1.42. The second kappa shape index (κ2) is 12.1. The monoisotopic (exact) mass is 280 g/mol. The van der Waals surface area contributed by atoms with Gasteiger partial charge < -0.3 is 5.11 Å². The van der Waals surface area contributed by atoms with E-state index in [0.717, 1.165) is 18.8 Å². The molecule has 0 saturated heterocycles. The molecule has 20 heavy (non-hydrogen) atoms. The van der Waals surface area contributed by atoms with Crippen molar-refractivity contribution in [2.75, 3.05) is 0 Å². The summed E-state index contributed by atoms with van der Waals surface area (Å²) >= 11 is 0. The Morgan fingerprint density at radius 1 is 1.10 bits per heavy atom. The van der Waals surface area contributed by atoms with E-state index >= 15 is 0 Å². The molecule has 0 aliphatic heterocycles. The number of hydrogen-bond donors (Lipinski definition) is 1. The Morgan fingerprint density at radius 2 is 1.75 bits per heavy atom. The van der Waals surface area contributed by atoms with Crippen LogP contribution in [-0.4, -0.2) is 5.11 Å². The number of aliphatic hydroxyl groups excluding tert-OH is 1. The minimum atomic E-state index is 0.220. The highest BCUT2D eigenvalue weighted by Crippen LogP contribution is 2.19. The van der Waals surface area contributed by atoms with Crippen molar-refractivity contribution in [2.45, 2.75) is 85.5 Å².